The molecule has 1 amide bonds. The lowest BCUT2D eigenvalue weighted by Crippen LogP contribution is -2.36. The molecule has 144 valence electrons. The van der Waals surface area contributed by atoms with Gasteiger partial charge >= 0.3 is 0 Å². The molecule has 1 aromatic rings. The number of anilines is 1. The second-order valence-corrected chi connectivity index (χ2v) is 8.11. The summed E-state index contributed by atoms with van der Waals surface area (Å²) < 4.78 is 5.46. The number of aromatic nitrogens is 1. The minimum absolute atomic E-state index is 0.152. The lowest BCUT2D eigenvalue weighted by atomic mass is 9.82. The third-order valence-corrected chi connectivity index (χ3v) is 6.10. The Morgan fingerprint density at radius 2 is 2.00 bits per heavy atom. The molecule has 1 saturated carbocycles. The molecule has 2 aliphatic rings. The topological polar surface area (TPSA) is 54.5 Å². The van der Waals surface area contributed by atoms with Crippen LogP contribution in [-0.2, 0) is 16.1 Å². The summed E-state index contributed by atoms with van der Waals surface area (Å²) in [4.78, 5) is 19.9. The molecule has 1 N–H and O–H groups in total. The van der Waals surface area contributed by atoms with E-state index in [1.54, 1.807) is 0 Å². The zero-order valence-electron chi connectivity index (χ0n) is 16.5. The van der Waals surface area contributed by atoms with E-state index in [2.05, 4.69) is 42.0 Å². The molecule has 0 aromatic carbocycles. The fourth-order valence-electron chi connectivity index (χ4n) is 4.27. The Kier molecular flexibility index (Phi) is 6.30. The highest BCUT2D eigenvalue weighted by Gasteiger charge is 2.39. The average molecular weight is 360 g/mol. The molecule has 1 saturated heterocycles. The Bertz CT molecular complexity index is 618. The van der Waals surface area contributed by atoms with Crippen molar-refractivity contribution in [3.63, 3.8) is 0 Å². The van der Waals surface area contributed by atoms with Crippen molar-refractivity contribution in [3.05, 3.63) is 23.4 Å². The molecule has 0 atom stereocenters. The lowest BCUT2D eigenvalue weighted by molar-refractivity contribution is -0.125. The van der Waals surface area contributed by atoms with Crippen LogP contribution in [0.25, 0.3) is 0 Å². The van der Waals surface area contributed by atoms with Crippen molar-refractivity contribution in [2.75, 3.05) is 31.6 Å². The third kappa shape index (κ3) is 4.26. The largest absolute Gasteiger partial charge is 0.379 e. The molecule has 2 heterocycles. The molecule has 1 aliphatic heterocycles. The normalized spacial score (nSPS) is 20.5. The van der Waals surface area contributed by atoms with Crippen LogP contribution in [0.15, 0.2) is 12.3 Å². The number of amides is 1. The smallest absolute Gasteiger partial charge is 0.231 e. The summed E-state index contributed by atoms with van der Waals surface area (Å²) in [6.45, 7) is 10.9. The molecule has 0 spiro atoms. The maximum Gasteiger partial charge on any atom is 0.231 e. The Hall–Kier alpha value is -1.46. The molecule has 3 rings (SSSR count). The van der Waals surface area contributed by atoms with Gasteiger partial charge in [-0.3, -0.25) is 9.69 Å². The van der Waals surface area contributed by atoms with Crippen LogP contribution < -0.4 is 5.32 Å². The highest BCUT2D eigenvalue weighted by atomic mass is 16.5. The molecule has 2 fully saturated rings. The zero-order valence-corrected chi connectivity index (χ0v) is 16.5. The van der Waals surface area contributed by atoms with Gasteiger partial charge in [0.1, 0.15) is 5.82 Å². The lowest BCUT2D eigenvalue weighted by Gasteiger charge is -2.28. The highest BCUT2D eigenvalue weighted by molar-refractivity contribution is 5.94. The van der Waals surface area contributed by atoms with E-state index in [0.717, 1.165) is 65.0 Å². The Morgan fingerprint density at radius 1 is 1.31 bits per heavy atom. The van der Waals surface area contributed by atoms with Crippen LogP contribution in [0.1, 0.15) is 69.9 Å². The summed E-state index contributed by atoms with van der Waals surface area (Å²) in [5.74, 6) is 1.27. The monoisotopic (exact) mass is 359 g/mol. The maximum atomic E-state index is 12.9. The molecule has 5 heteroatoms. The van der Waals surface area contributed by atoms with Crippen molar-refractivity contribution >= 4 is 11.7 Å². The number of hydrogen-bond donors (Lipinski definition) is 1. The van der Waals surface area contributed by atoms with Gasteiger partial charge in [0.2, 0.25) is 5.91 Å². The van der Waals surface area contributed by atoms with Gasteiger partial charge in [0.15, 0.2) is 0 Å². The van der Waals surface area contributed by atoms with Crippen LogP contribution in [0.4, 0.5) is 5.82 Å². The number of hydrogen-bond acceptors (Lipinski definition) is 4. The van der Waals surface area contributed by atoms with E-state index >= 15 is 0 Å². The second-order valence-electron chi connectivity index (χ2n) is 8.11. The van der Waals surface area contributed by atoms with E-state index in [-0.39, 0.29) is 11.3 Å². The predicted octanol–water partition coefficient (Wildman–Crippen LogP) is 3.95. The first kappa shape index (κ1) is 19.3. The number of carbonyl (C=O) groups excluding carboxylic acids is 1. The Labute approximate surface area is 157 Å². The summed E-state index contributed by atoms with van der Waals surface area (Å²) in [6, 6.07) is 2.08. The summed E-state index contributed by atoms with van der Waals surface area (Å²) in [7, 11) is 0. The van der Waals surface area contributed by atoms with Gasteiger partial charge in [0.25, 0.3) is 0 Å². The SMILES string of the molecule is CCC1(C(=O)Nc2cc(CN3CCOCC3)c(C(C)C)cn2)CCCC1. The van der Waals surface area contributed by atoms with Crippen LogP contribution in [0.5, 0.6) is 0 Å². The third-order valence-electron chi connectivity index (χ3n) is 6.10. The molecular formula is C21H33N3O2. The number of rotatable bonds is 6. The van der Waals surface area contributed by atoms with E-state index < -0.39 is 0 Å². The van der Waals surface area contributed by atoms with Gasteiger partial charge in [-0.1, -0.05) is 33.6 Å². The van der Waals surface area contributed by atoms with Gasteiger partial charge in [-0.05, 0) is 42.4 Å². The van der Waals surface area contributed by atoms with Crippen LogP contribution in [0, 0.1) is 5.41 Å². The predicted molar refractivity (Wildman–Crippen MR) is 104 cm³/mol. The highest BCUT2D eigenvalue weighted by Crippen LogP contribution is 2.41. The number of carbonyl (C=O) groups is 1. The molecular weight excluding hydrogens is 326 g/mol. The zero-order chi connectivity index (χ0) is 18.6. The second kappa shape index (κ2) is 8.49. The van der Waals surface area contributed by atoms with Gasteiger partial charge in [0.05, 0.1) is 13.2 Å². The maximum absolute atomic E-state index is 12.9. The van der Waals surface area contributed by atoms with Crippen molar-refractivity contribution in [2.24, 2.45) is 5.41 Å². The van der Waals surface area contributed by atoms with Crippen molar-refractivity contribution in [3.8, 4) is 0 Å². The molecule has 0 bridgehead atoms. The van der Waals surface area contributed by atoms with E-state index in [1.165, 1.54) is 11.1 Å². The summed E-state index contributed by atoms with van der Waals surface area (Å²) >= 11 is 0. The number of nitrogens with one attached hydrogen (secondary N) is 1. The Balaban J connectivity index is 1.77. The first-order valence-electron chi connectivity index (χ1n) is 10.1. The number of nitrogens with zero attached hydrogens (tertiary/aromatic N) is 2. The number of pyridine rings is 1. The molecule has 1 aromatic heterocycles. The van der Waals surface area contributed by atoms with Crippen molar-refractivity contribution in [1.29, 1.82) is 0 Å². The number of ether oxygens (including phenoxy) is 1. The summed E-state index contributed by atoms with van der Waals surface area (Å²) in [5, 5.41) is 3.13. The summed E-state index contributed by atoms with van der Waals surface area (Å²) in [5.41, 5.74) is 2.34. The van der Waals surface area contributed by atoms with Crippen LogP contribution in [0.3, 0.4) is 0 Å². The minimum atomic E-state index is -0.192. The molecule has 0 radical (unpaired) electrons. The number of morpholine rings is 1. The first-order valence-corrected chi connectivity index (χ1v) is 10.1. The van der Waals surface area contributed by atoms with Crippen molar-refractivity contribution in [1.82, 2.24) is 9.88 Å². The summed E-state index contributed by atoms with van der Waals surface area (Å²) in [6.07, 6.45) is 7.17. The molecule has 5 nitrogen and oxygen atoms in total. The van der Waals surface area contributed by atoms with Gasteiger partial charge in [0, 0.05) is 31.2 Å². The van der Waals surface area contributed by atoms with Gasteiger partial charge < -0.3 is 10.1 Å². The van der Waals surface area contributed by atoms with Crippen molar-refractivity contribution < 1.29 is 9.53 Å². The van der Waals surface area contributed by atoms with Crippen LogP contribution in [-0.4, -0.2) is 42.1 Å². The van der Waals surface area contributed by atoms with E-state index in [9.17, 15) is 4.79 Å². The first-order chi connectivity index (χ1) is 12.5. The fraction of sp³-hybridized carbons (Fsp3) is 0.714. The molecule has 1 aliphatic carbocycles. The fourth-order valence-corrected chi connectivity index (χ4v) is 4.27. The van der Waals surface area contributed by atoms with E-state index in [1.807, 2.05) is 6.20 Å². The van der Waals surface area contributed by atoms with Crippen LogP contribution in [0.2, 0.25) is 0 Å². The van der Waals surface area contributed by atoms with E-state index in [4.69, 9.17) is 4.74 Å². The van der Waals surface area contributed by atoms with Gasteiger partial charge in [-0.15, -0.1) is 0 Å². The van der Waals surface area contributed by atoms with Gasteiger partial charge in [-0.2, -0.15) is 0 Å². The standard InChI is InChI=1S/C21H33N3O2/c1-4-21(7-5-6-8-21)20(25)23-19-13-17(18(14-22-19)16(2)3)15-24-9-11-26-12-10-24/h13-14,16H,4-12,15H2,1-3H3,(H,22,23,25). The Morgan fingerprint density at radius 3 is 2.62 bits per heavy atom. The van der Waals surface area contributed by atoms with Gasteiger partial charge in [-0.25, -0.2) is 4.98 Å². The van der Waals surface area contributed by atoms with Crippen molar-refractivity contribution in [2.45, 2.75) is 65.3 Å². The molecule has 26 heavy (non-hydrogen) atoms. The van der Waals surface area contributed by atoms with Crippen LogP contribution >= 0.6 is 0 Å². The molecule has 0 unspecified atom stereocenters. The van der Waals surface area contributed by atoms with E-state index in [0.29, 0.717) is 11.7 Å². The quantitative estimate of drug-likeness (QED) is 0.836. The average Bonchev–Trinajstić information content (AvgIpc) is 3.13. The minimum Gasteiger partial charge on any atom is -0.379 e.